The number of ether oxygens (including phenoxy) is 1. The van der Waals surface area contributed by atoms with Crippen LogP contribution >= 0.6 is 0 Å². The largest absolute Gasteiger partial charge is 0.497 e. The molecule has 2 amide bonds. The Morgan fingerprint density at radius 2 is 2.14 bits per heavy atom. The molecule has 0 radical (unpaired) electrons. The Bertz CT molecular complexity index is 726. The molecule has 1 heterocycles. The Balaban J connectivity index is 1.62. The molecular weight excluding hydrogens is 282 g/mol. The van der Waals surface area contributed by atoms with Crippen LogP contribution in [0.5, 0.6) is 5.75 Å². The van der Waals surface area contributed by atoms with Gasteiger partial charge in [0, 0.05) is 17.4 Å². The smallest absolute Gasteiger partial charge is 0.243 e. The molecule has 2 N–H and O–H groups in total. The van der Waals surface area contributed by atoms with Gasteiger partial charge in [-0.15, -0.1) is 0 Å². The van der Waals surface area contributed by atoms with Gasteiger partial charge in [-0.3, -0.25) is 14.6 Å². The van der Waals surface area contributed by atoms with E-state index in [-0.39, 0.29) is 24.3 Å². The Morgan fingerprint density at radius 1 is 1.32 bits per heavy atom. The highest BCUT2D eigenvalue weighted by molar-refractivity contribution is 5.96. The lowest BCUT2D eigenvalue weighted by molar-refractivity contribution is -0.125. The fourth-order valence-corrected chi connectivity index (χ4v) is 2.16. The van der Waals surface area contributed by atoms with Crippen LogP contribution in [0.1, 0.15) is 12.8 Å². The lowest BCUT2D eigenvalue weighted by atomic mass is 10.2. The van der Waals surface area contributed by atoms with Gasteiger partial charge < -0.3 is 15.4 Å². The van der Waals surface area contributed by atoms with Crippen LogP contribution in [0, 0.1) is 5.92 Å². The zero-order valence-corrected chi connectivity index (χ0v) is 12.3. The van der Waals surface area contributed by atoms with Crippen LogP contribution in [0.15, 0.2) is 30.5 Å². The zero-order chi connectivity index (χ0) is 15.5. The van der Waals surface area contributed by atoms with Crippen molar-refractivity contribution in [1.29, 1.82) is 0 Å². The zero-order valence-electron chi connectivity index (χ0n) is 12.3. The number of carbonyl (C=O) groups is 2. The Kier molecular flexibility index (Phi) is 3.91. The summed E-state index contributed by atoms with van der Waals surface area (Å²) in [6.45, 7) is -0.0179. The number of nitrogens with zero attached hydrogens (tertiary/aromatic N) is 1. The van der Waals surface area contributed by atoms with E-state index in [0.717, 1.165) is 29.5 Å². The molecule has 2 aromatic rings. The van der Waals surface area contributed by atoms with Gasteiger partial charge in [-0.05, 0) is 31.0 Å². The van der Waals surface area contributed by atoms with Gasteiger partial charge in [0.05, 0.1) is 31.1 Å². The van der Waals surface area contributed by atoms with Crippen molar-refractivity contribution in [2.45, 2.75) is 12.8 Å². The second kappa shape index (κ2) is 6.01. The summed E-state index contributed by atoms with van der Waals surface area (Å²) in [6.07, 6.45) is 3.43. The first-order chi connectivity index (χ1) is 10.7. The first-order valence-corrected chi connectivity index (χ1v) is 7.17. The summed E-state index contributed by atoms with van der Waals surface area (Å²) in [5, 5.41) is 6.26. The van der Waals surface area contributed by atoms with Crippen molar-refractivity contribution in [2.24, 2.45) is 5.92 Å². The van der Waals surface area contributed by atoms with Crippen molar-refractivity contribution < 1.29 is 14.3 Å². The monoisotopic (exact) mass is 299 g/mol. The number of carbonyl (C=O) groups excluding carboxylic acids is 2. The van der Waals surface area contributed by atoms with E-state index in [1.54, 1.807) is 13.3 Å². The molecule has 0 unspecified atom stereocenters. The van der Waals surface area contributed by atoms with Gasteiger partial charge in [-0.1, -0.05) is 0 Å². The number of pyridine rings is 1. The van der Waals surface area contributed by atoms with Crippen molar-refractivity contribution in [3.8, 4) is 5.75 Å². The average molecular weight is 299 g/mol. The maximum Gasteiger partial charge on any atom is 0.243 e. The first-order valence-electron chi connectivity index (χ1n) is 7.17. The number of benzene rings is 1. The van der Waals surface area contributed by atoms with E-state index < -0.39 is 0 Å². The normalized spacial score (nSPS) is 13.7. The molecule has 1 saturated carbocycles. The summed E-state index contributed by atoms with van der Waals surface area (Å²) in [7, 11) is 1.60. The number of rotatable bonds is 5. The lowest BCUT2D eigenvalue weighted by Crippen LogP contribution is -2.33. The van der Waals surface area contributed by atoms with E-state index in [0.29, 0.717) is 5.69 Å². The molecule has 0 spiro atoms. The average Bonchev–Trinajstić information content (AvgIpc) is 3.37. The molecule has 6 nitrogen and oxygen atoms in total. The predicted octanol–water partition coefficient (Wildman–Crippen LogP) is 1.71. The van der Waals surface area contributed by atoms with Gasteiger partial charge in [0.25, 0.3) is 0 Å². The Hall–Kier alpha value is -2.63. The molecule has 3 rings (SSSR count). The second-order valence-electron chi connectivity index (χ2n) is 5.32. The molecule has 22 heavy (non-hydrogen) atoms. The third-order valence-electron chi connectivity index (χ3n) is 3.55. The number of hydrogen-bond acceptors (Lipinski definition) is 4. The summed E-state index contributed by atoms with van der Waals surface area (Å²) in [6, 6.07) is 7.39. The molecular formula is C16H17N3O3. The third kappa shape index (κ3) is 3.33. The van der Waals surface area contributed by atoms with Gasteiger partial charge in [-0.2, -0.15) is 0 Å². The van der Waals surface area contributed by atoms with Crippen molar-refractivity contribution in [1.82, 2.24) is 10.3 Å². The quantitative estimate of drug-likeness (QED) is 0.880. The predicted molar refractivity (Wildman–Crippen MR) is 82.7 cm³/mol. The third-order valence-corrected chi connectivity index (χ3v) is 3.55. The minimum absolute atomic E-state index is 0.0179. The molecule has 6 heteroatoms. The van der Waals surface area contributed by atoms with Crippen LogP contribution in [0.4, 0.5) is 5.69 Å². The minimum atomic E-state index is -0.260. The minimum Gasteiger partial charge on any atom is -0.497 e. The number of methoxy groups -OCH3 is 1. The Morgan fingerprint density at radius 3 is 2.86 bits per heavy atom. The van der Waals surface area contributed by atoms with Crippen LogP contribution in [0.2, 0.25) is 0 Å². The second-order valence-corrected chi connectivity index (χ2v) is 5.32. The molecule has 0 atom stereocenters. The molecule has 0 bridgehead atoms. The van der Waals surface area contributed by atoms with Gasteiger partial charge in [0.15, 0.2) is 0 Å². The van der Waals surface area contributed by atoms with Gasteiger partial charge in [0.2, 0.25) is 11.8 Å². The summed E-state index contributed by atoms with van der Waals surface area (Å²) in [5.41, 5.74) is 1.39. The number of hydrogen-bond donors (Lipinski definition) is 2. The maximum atomic E-state index is 11.8. The number of anilines is 1. The highest BCUT2D eigenvalue weighted by Crippen LogP contribution is 2.28. The molecule has 1 aliphatic rings. The van der Waals surface area contributed by atoms with E-state index in [9.17, 15) is 9.59 Å². The number of amides is 2. The number of nitrogens with one attached hydrogen (secondary N) is 2. The molecule has 0 aliphatic heterocycles. The van der Waals surface area contributed by atoms with E-state index in [2.05, 4.69) is 15.6 Å². The molecule has 1 aromatic carbocycles. The van der Waals surface area contributed by atoms with E-state index in [1.165, 1.54) is 0 Å². The fourth-order valence-electron chi connectivity index (χ4n) is 2.16. The van der Waals surface area contributed by atoms with Crippen molar-refractivity contribution in [3.05, 3.63) is 30.5 Å². The molecule has 1 aliphatic carbocycles. The van der Waals surface area contributed by atoms with E-state index in [1.807, 2.05) is 24.3 Å². The molecule has 0 saturated heterocycles. The van der Waals surface area contributed by atoms with Crippen molar-refractivity contribution in [2.75, 3.05) is 19.0 Å². The molecule has 1 aromatic heterocycles. The van der Waals surface area contributed by atoms with Crippen LogP contribution in [0.25, 0.3) is 10.9 Å². The van der Waals surface area contributed by atoms with Crippen molar-refractivity contribution >= 4 is 28.4 Å². The number of fused-ring (bicyclic) bond motifs is 1. The number of aromatic nitrogens is 1. The first kappa shape index (κ1) is 14.3. The van der Waals surface area contributed by atoms with Crippen LogP contribution in [-0.2, 0) is 9.59 Å². The highest BCUT2D eigenvalue weighted by atomic mass is 16.5. The van der Waals surface area contributed by atoms with Crippen molar-refractivity contribution in [3.63, 3.8) is 0 Å². The van der Waals surface area contributed by atoms with E-state index in [4.69, 9.17) is 4.74 Å². The summed E-state index contributed by atoms with van der Waals surface area (Å²) < 4.78 is 5.15. The summed E-state index contributed by atoms with van der Waals surface area (Å²) in [5.74, 6) is 0.534. The van der Waals surface area contributed by atoms with Crippen LogP contribution in [0.3, 0.4) is 0 Å². The Labute approximate surface area is 127 Å². The summed E-state index contributed by atoms with van der Waals surface area (Å²) >= 11 is 0. The van der Waals surface area contributed by atoms with Crippen LogP contribution in [-0.4, -0.2) is 30.5 Å². The standard InChI is InChI=1S/C16H17N3O3/c1-22-13-5-4-11-6-12(8-17-14(11)7-13)19-15(20)9-18-16(21)10-2-3-10/h4-8,10H,2-3,9H2,1H3,(H,18,21)(H,19,20). The summed E-state index contributed by atoms with van der Waals surface area (Å²) in [4.78, 5) is 27.6. The molecule has 114 valence electrons. The van der Waals surface area contributed by atoms with Gasteiger partial charge >= 0.3 is 0 Å². The van der Waals surface area contributed by atoms with Crippen LogP contribution < -0.4 is 15.4 Å². The van der Waals surface area contributed by atoms with Gasteiger partial charge in [0.1, 0.15) is 5.75 Å². The lowest BCUT2D eigenvalue weighted by Gasteiger charge is -2.08. The SMILES string of the molecule is COc1ccc2cc(NC(=O)CNC(=O)C3CC3)cnc2c1. The topological polar surface area (TPSA) is 80.3 Å². The maximum absolute atomic E-state index is 11.8. The highest BCUT2D eigenvalue weighted by Gasteiger charge is 2.29. The molecule has 1 fully saturated rings. The van der Waals surface area contributed by atoms with E-state index >= 15 is 0 Å². The van der Waals surface area contributed by atoms with Gasteiger partial charge in [-0.25, -0.2) is 0 Å². The fraction of sp³-hybridized carbons (Fsp3) is 0.312.